The van der Waals surface area contributed by atoms with Crippen LogP contribution in [0.25, 0.3) is 0 Å². The third-order valence-corrected chi connectivity index (χ3v) is 2.21. The number of carboxylic acid groups (broad SMARTS) is 2. The molecule has 0 bridgehead atoms. The quantitative estimate of drug-likeness (QED) is 0.586. The lowest BCUT2D eigenvalue weighted by Gasteiger charge is -2.05. The highest BCUT2D eigenvalue weighted by molar-refractivity contribution is 6.27. The van der Waals surface area contributed by atoms with E-state index < -0.39 is 11.9 Å². The van der Waals surface area contributed by atoms with Gasteiger partial charge in [-0.1, -0.05) is 6.07 Å². The maximum atomic E-state index is 9.10. The van der Waals surface area contributed by atoms with Crippen LogP contribution in [0.4, 0.5) is 0 Å². The van der Waals surface area contributed by atoms with Crippen molar-refractivity contribution < 1.29 is 19.8 Å². The van der Waals surface area contributed by atoms with Crippen LogP contribution in [-0.4, -0.2) is 27.1 Å². The van der Waals surface area contributed by atoms with Gasteiger partial charge in [-0.3, -0.25) is 4.98 Å². The van der Waals surface area contributed by atoms with Gasteiger partial charge in [-0.2, -0.15) is 0 Å². The Labute approximate surface area is 91.7 Å². The SMILES string of the molecule is NC1(c2cccnc2)CC1.O=C(O)C(=O)O. The van der Waals surface area contributed by atoms with E-state index in [2.05, 4.69) is 4.98 Å². The van der Waals surface area contributed by atoms with E-state index in [9.17, 15) is 0 Å². The van der Waals surface area contributed by atoms with Gasteiger partial charge in [0, 0.05) is 17.9 Å². The summed E-state index contributed by atoms with van der Waals surface area (Å²) in [5.41, 5.74) is 7.08. The highest BCUT2D eigenvalue weighted by Gasteiger charge is 2.39. The number of hydrogen-bond acceptors (Lipinski definition) is 4. The number of aromatic nitrogens is 1. The maximum absolute atomic E-state index is 9.10. The van der Waals surface area contributed by atoms with Crippen LogP contribution in [0.3, 0.4) is 0 Å². The van der Waals surface area contributed by atoms with Crippen LogP contribution in [-0.2, 0) is 15.1 Å². The number of carbonyl (C=O) groups is 2. The summed E-state index contributed by atoms with van der Waals surface area (Å²) in [6.07, 6.45) is 5.85. The van der Waals surface area contributed by atoms with Gasteiger partial charge in [0.25, 0.3) is 0 Å². The number of aliphatic carboxylic acids is 2. The average molecular weight is 224 g/mol. The monoisotopic (exact) mass is 224 g/mol. The molecule has 6 nitrogen and oxygen atoms in total. The fraction of sp³-hybridized carbons (Fsp3) is 0.300. The molecule has 0 saturated heterocycles. The summed E-state index contributed by atoms with van der Waals surface area (Å²) in [7, 11) is 0. The molecule has 1 aromatic rings. The van der Waals surface area contributed by atoms with E-state index in [0.29, 0.717) is 0 Å². The summed E-state index contributed by atoms with van der Waals surface area (Å²) in [6.45, 7) is 0. The second kappa shape index (κ2) is 4.71. The minimum absolute atomic E-state index is 0.0196. The molecule has 1 aromatic heterocycles. The number of rotatable bonds is 1. The van der Waals surface area contributed by atoms with E-state index in [1.54, 1.807) is 6.20 Å². The molecule has 4 N–H and O–H groups in total. The predicted octanol–water partition coefficient (Wildman–Crippen LogP) is 0.185. The minimum atomic E-state index is -1.82. The molecule has 1 heterocycles. The molecule has 0 radical (unpaired) electrons. The van der Waals surface area contributed by atoms with Crippen LogP contribution < -0.4 is 5.73 Å². The average Bonchev–Trinajstić information content (AvgIpc) is 3.00. The van der Waals surface area contributed by atoms with Gasteiger partial charge >= 0.3 is 11.9 Å². The van der Waals surface area contributed by atoms with Gasteiger partial charge < -0.3 is 15.9 Å². The van der Waals surface area contributed by atoms with Gasteiger partial charge in [0.15, 0.2) is 0 Å². The van der Waals surface area contributed by atoms with Gasteiger partial charge in [0.2, 0.25) is 0 Å². The van der Waals surface area contributed by atoms with Gasteiger partial charge in [0.1, 0.15) is 0 Å². The summed E-state index contributed by atoms with van der Waals surface area (Å²) >= 11 is 0. The van der Waals surface area contributed by atoms with Crippen LogP contribution in [0.5, 0.6) is 0 Å². The van der Waals surface area contributed by atoms with Crippen molar-refractivity contribution in [3.8, 4) is 0 Å². The van der Waals surface area contributed by atoms with Crippen molar-refractivity contribution in [3.63, 3.8) is 0 Å². The predicted molar refractivity (Wildman–Crippen MR) is 54.6 cm³/mol. The first-order valence-corrected chi connectivity index (χ1v) is 4.61. The molecule has 86 valence electrons. The fourth-order valence-corrected chi connectivity index (χ4v) is 1.08. The number of pyridine rings is 1. The summed E-state index contributed by atoms with van der Waals surface area (Å²) in [6, 6.07) is 3.97. The molecule has 16 heavy (non-hydrogen) atoms. The maximum Gasteiger partial charge on any atom is 0.414 e. The van der Waals surface area contributed by atoms with Crippen LogP contribution in [0.2, 0.25) is 0 Å². The van der Waals surface area contributed by atoms with Crippen LogP contribution >= 0.6 is 0 Å². The molecule has 0 amide bonds. The van der Waals surface area contributed by atoms with E-state index in [1.807, 2.05) is 18.3 Å². The third-order valence-electron chi connectivity index (χ3n) is 2.21. The molecule has 0 spiro atoms. The summed E-state index contributed by atoms with van der Waals surface area (Å²) in [5, 5.41) is 14.8. The lowest BCUT2D eigenvalue weighted by molar-refractivity contribution is -0.159. The Morgan fingerprint density at radius 1 is 1.31 bits per heavy atom. The van der Waals surface area contributed by atoms with Crippen molar-refractivity contribution in [1.29, 1.82) is 0 Å². The molecule has 1 saturated carbocycles. The molecule has 0 aliphatic heterocycles. The van der Waals surface area contributed by atoms with E-state index in [-0.39, 0.29) is 5.54 Å². The first kappa shape index (κ1) is 12.1. The van der Waals surface area contributed by atoms with Gasteiger partial charge in [-0.05, 0) is 24.5 Å². The van der Waals surface area contributed by atoms with Crippen molar-refractivity contribution in [3.05, 3.63) is 30.1 Å². The summed E-state index contributed by atoms with van der Waals surface area (Å²) < 4.78 is 0. The first-order valence-electron chi connectivity index (χ1n) is 4.61. The summed E-state index contributed by atoms with van der Waals surface area (Å²) in [5.74, 6) is -3.65. The molecule has 1 fully saturated rings. The number of nitrogens with two attached hydrogens (primary N) is 1. The summed E-state index contributed by atoms with van der Waals surface area (Å²) in [4.78, 5) is 22.2. The van der Waals surface area contributed by atoms with Crippen molar-refractivity contribution in [1.82, 2.24) is 4.98 Å². The lowest BCUT2D eigenvalue weighted by Crippen LogP contribution is -2.18. The highest BCUT2D eigenvalue weighted by Crippen LogP contribution is 2.41. The largest absolute Gasteiger partial charge is 0.473 e. The second-order valence-corrected chi connectivity index (χ2v) is 3.51. The smallest absolute Gasteiger partial charge is 0.414 e. The van der Waals surface area contributed by atoms with Gasteiger partial charge in [-0.15, -0.1) is 0 Å². The Hall–Kier alpha value is -1.95. The van der Waals surface area contributed by atoms with Crippen LogP contribution in [0.1, 0.15) is 18.4 Å². The van der Waals surface area contributed by atoms with E-state index in [1.165, 1.54) is 5.56 Å². The number of nitrogens with zero attached hydrogens (tertiary/aromatic N) is 1. The Kier molecular flexibility index (Phi) is 3.57. The molecule has 0 aromatic carbocycles. The van der Waals surface area contributed by atoms with Gasteiger partial charge in [-0.25, -0.2) is 9.59 Å². The lowest BCUT2D eigenvalue weighted by atomic mass is 10.1. The Morgan fingerprint density at radius 2 is 1.88 bits per heavy atom. The Balaban J connectivity index is 0.000000187. The molecule has 6 heteroatoms. The third kappa shape index (κ3) is 3.32. The topological polar surface area (TPSA) is 114 Å². The van der Waals surface area contributed by atoms with E-state index in [4.69, 9.17) is 25.5 Å². The number of hydrogen-bond donors (Lipinski definition) is 3. The molecular weight excluding hydrogens is 212 g/mol. The molecule has 1 aliphatic carbocycles. The van der Waals surface area contributed by atoms with Gasteiger partial charge in [0.05, 0.1) is 0 Å². The van der Waals surface area contributed by atoms with E-state index in [0.717, 1.165) is 12.8 Å². The molecule has 2 rings (SSSR count). The normalized spacial score (nSPS) is 15.6. The zero-order chi connectivity index (χ0) is 12.2. The first-order chi connectivity index (χ1) is 7.46. The Morgan fingerprint density at radius 3 is 2.19 bits per heavy atom. The van der Waals surface area contributed by atoms with Crippen molar-refractivity contribution in [2.45, 2.75) is 18.4 Å². The zero-order valence-corrected chi connectivity index (χ0v) is 8.46. The number of carboxylic acids is 2. The standard InChI is InChI=1S/C8H10N2.C2H2O4/c9-8(3-4-8)7-2-1-5-10-6-7;3-1(4)2(5)6/h1-2,5-6H,3-4,9H2;(H,3,4)(H,5,6). The molecular formula is C10H12N2O4. The Bertz CT molecular complexity index is 375. The zero-order valence-electron chi connectivity index (χ0n) is 8.46. The van der Waals surface area contributed by atoms with Crippen molar-refractivity contribution in [2.24, 2.45) is 5.73 Å². The van der Waals surface area contributed by atoms with E-state index >= 15 is 0 Å². The van der Waals surface area contributed by atoms with Crippen LogP contribution in [0, 0.1) is 0 Å². The molecule has 0 atom stereocenters. The fourth-order valence-electron chi connectivity index (χ4n) is 1.08. The van der Waals surface area contributed by atoms with Crippen molar-refractivity contribution in [2.75, 3.05) is 0 Å². The molecule has 0 unspecified atom stereocenters. The van der Waals surface area contributed by atoms with Crippen molar-refractivity contribution >= 4 is 11.9 Å². The van der Waals surface area contributed by atoms with Crippen LogP contribution in [0.15, 0.2) is 24.5 Å². The minimum Gasteiger partial charge on any atom is -0.473 e. The highest BCUT2D eigenvalue weighted by atomic mass is 16.4. The molecule has 1 aliphatic rings. The second-order valence-electron chi connectivity index (χ2n) is 3.51.